The molecule has 8 heteroatoms. The fourth-order valence-corrected chi connectivity index (χ4v) is 2.23. The van der Waals surface area contributed by atoms with Crippen LogP contribution in [0.15, 0.2) is 6.33 Å². The highest BCUT2D eigenvalue weighted by Gasteiger charge is 2.41. The van der Waals surface area contributed by atoms with Gasteiger partial charge in [0.15, 0.2) is 5.82 Å². The lowest BCUT2D eigenvalue weighted by Gasteiger charge is -2.33. The number of hydrogen-bond acceptors (Lipinski definition) is 4. The Kier molecular flexibility index (Phi) is 3.52. The first-order valence-electron chi connectivity index (χ1n) is 5.47. The Morgan fingerprint density at radius 2 is 1.89 bits per heavy atom. The predicted molar refractivity (Wildman–Crippen MR) is 62.4 cm³/mol. The molecule has 4 nitrogen and oxygen atoms in total. The van der Waals surface area contributed by atoms with E-state index in [1.165, 1.54) is 6.33 Å². The summed E-state index contributed by atoms with van der Waals surface area (Å²) in [6, 6.07) is 0. The van der Waals surface area contributed by atoms with E-state index in [1.807, 2.05) is 0 Å². The van der Waals surface area contributed by atoms with Crippen molar-refractivity contribution in [2.45, 2.75) is 19.0 Å². The maximum Gasteiger partial charge on any atom is 0.391 e. The van der Waals surface area contributed by atoms with E-state index in [-0.39, 0.29) is 36.8 Å². The first-order valence-corrected chi connectivity index (χ1v) is 5.85. The summed E-state index contributed by atoms with van der Waals surface area (Å²) < 4.78 is 37.6. The molecule has 18 heavy (non-hydrogen) atoms. The van der Waals surface area contributed by atoms with Crippen LogP contribution in [0.3, 0.4) is 0 Å². The third-order valence-electron chi connectivity index (χ3n) is 3.06. The molecule has 0 radical (unpaired) electrons. The molecule has 1 saturated heterocycles. The third kappa shape index (κ3) is 2.60. The fourth-order valence-electron chi connectivity index (χ4n) is 2.01. The van der Waals surface area contributed by atoms with Crippen molar-refractivity contribution in [3.05, 3.63) is 11.3 Å². The Bertz CT molecular complexity index is 430. The molecule has 1 aliphatic rings. The Labute approximate surface area is 107 Å². The zero-order valence-electron chi connectivity index (χ0n) is 9.41. The second-order valence-electron chi connectivity index (χ2n) is 4.20. The van der Waals surface area contributed by atoms with Crippen molar-refractivity contribution in [3.8, 4) is 0 Å². The molecule has 0 amide bonds. The van der Waals surface area contributed by atoms with Crippen molar-refractivity contribution in [3.63, 3.8) is 0 Å². The average molecular weight is 281 g/mol. The van der Waals surface area contributed by atoms with E-state index in [0.717, 1.165) is 0 Å². The number of anilines is 2. The molecule has 0 unspecified atom stereocenters. The molecular weight excluding hydrogens is 269 g/mol. The van der Waals surface area contributed by atoms with E-state index in [2.05, 4.69) is 9.97 Å². The average Bonchev–Trinajstić information content (AvgIpc) is 2.32. The third-order valence-corrected chi connectivity index (χ3v) is 3.42. The SMILES string of the molecule is Nc1ncnc(N2CCC(C(F)(F)F)CC2)c1Cl. The van der Waals surface area contributed by atoms with Gasteiger partial charge in [-0.1, -0.05) is 11.6 Å². The number of aromatic nitrogens is 2. The van der Waals surface area contributed by atoms with Crippen LogP contribution in [0.2, 0.25) is 5.02 Å². The van der Waals surface area contributed by atoms with E-state index in [9.17, 15) is 13.2 Å². The van der Waals surface area contributed by atoms with Crippen LogP contribution in [-0.2, 0) is 0 Å². The molecule has 0 aromatic carbocycles. The van der Waals surface area contributed by atoms with Crippen LogP contribution in [0.4, 0.5) is 24.8 Å². The summed E-state index contributed by atoms with van der Waals surface area (Å²) in [5.74, 6) is -0.698. The van der Waals surface area contributed by atoms with Crippen molar-refractivity contribution < 1.29 is 13.2 Å². The molecule has 1 aromatic heterocycles. The van der Waals surface area contributed by atoms with Crippen molar-refractivity contribution in [1.82, 2.24) is 9.97 Å². The lowest BCUT2D eigenvalue weighted by Crippen LogP contribution is -2.39. The fraction of sp³-hybridized carbons (Fsp3) is 0.600. The van der Waals surface area contributed by atoms with Crippen molar-refractivity contribution in [2.24, 2.45) is 5.92 Å². The van der Waals surface area contributed by atoms with Crippen molar-refractivity contribution in [1.29, 1.82) is 0 Å². The highest BCUT2D eigenvalue weighted by molar-refractivity contribution is 6.35. The lowest BCUT2D eigenvalue weighted by atomic mass is 9.96. The molecule has 2 heterocycles. The maximum absolute atomic E-state index is 12.5. The Morgan fingerprint density at radius 3 is 2.44 bits per heavy atom. The smallest absolute Gasteiger partial charge is 0.382 e. The quantitative estimate of drug-likeness (QED) is 0.859. The lowest BCUT2D eigenvalue weighted by molar-refractivity contribution is -0.179. The number of halogens is 4. The van der Waals surface area contributed by atoms with Gasteiger partial charge in [0.25, 0.3) is 0 Å². The first-order chi connectivity index (χ1) is 8.39. The van der Waals surface area contributed by atoms with Crippen LogP contribution < -0.4 is 10.6 Å². The van der Waals surface area contributed by atoms with Gasteiger partial charge in [-0.05, 0) is 12.8 Å². The largest absolute Gasteiger partial charge is 0.391 e. The number of nitrogen functional groups attached to an aromatic ring is 1. The highest BCUT2D eigenvalue weighted by atomic mass is 35.5. The summed E-state index contributed by atoms with van der Waals surface area (Å²) in [7, 11) is 0. The van der Waals surface area contributed by atoms with Gasteiger partial charge in [-0.2, -0.15) is 13.2 Å². The summed E-state index contributed by atoms with van der Waals surface area (Å²) in [6.45, 7) is 0.528. The van der Waals surface area contributed by atoms with Crippen molar-refractivity contribution in [2.75, 3.05) is 23.7 Å². The Morgan fingerprint density at radius 1 is 1.28 bits per heavy atom. The van der Waals surface area contributed by atoms with E-state index >= 15 is 0 Å². The predicted octanol–water partition coefficient (Wildman–Crippen LogP) is 2.49. The van der Waals surface area contributed by atoms with Gasteiger partial charge in [0, 0.05) is 13.1 Å². The first kappa shape index (κ1) is 13.2. The van der Waals surface area contributed by atoms with E-state index in [0.29, 0.717) is 5.82 Å². The van der Waals surface area contributed by atoms with Gasteiger partial charge in [0.05, 0.1) is 5.92 Å². The molecule has 1 aliphatic heterocycles. The molecule has 100 valence electrons. The van der Waals surface area contributed by atoms with Gasteiger partial charge < -0.3 is 10.6 Å². The normalized spacial score (nSPS) is 18.1. The molecule has 2 N–H and O–H groups in total. The molecule has 0 saturated carbocycles. The van der Waals surface area contributed by atoms with E-state index in [4.69, 9.17) is 17.3 Å². The summed E-state index contributed by atoms with van der Waals surface area (Å²) in [6.07, 6.45) is -2.78. The van der Waals surface area contributed by atoms with Crippen LogP contribution in [-0.4, -0.2) is 29.2 Å². The topological polar surface area (TPSA) is 55.0 Å². The second kappa shape index (κ2) is 4.79. The van der Waals surface area contributed by atoms with Gasteiger partial charge in [0.2, 0.25) is 0 Å². The zero-order chi connectivity index (χ0) is 13.3. The van der Waals surface area contributed by atoms with Gasteiger partial charge in [0.1, 0.15) is 17.2 Å². The molecule has 0 aliphatic carbocycles. The van der Waals surface area contributed by atoms with Crippen LogP contribution in [0.1, 0.15) is 12.8 Å². The number of alkyl halides is 3. The van der Waals surface area contributed by atoms with Gasteiger partial charge in [-0.25, -0.2) is 9.97 Å². The monoisotopic (exact) mass is 280 g/mol. The summed E-state index contributed by atoms with van der Waals surface area (Å²) in [5.41, 5.74) is 5.53. The van der Waals surface area contributed by atoms with Crippen LogP contribution in [0, 0.1) is 5.92 Å². The molecule has 1 fully saturated rings. The number of nitrogens with zero attached hydrogens (tertiary/aromatic N) is 3. The van der Waals surface area contributed by atoms with E-state index in [1.54, 1.807) is 4.90 Å². The van der Waals surface area contributed by atoms with Crippen LogP contribution in [0.25, 0.3) is 0 Å². The standard InChI is InChI=1S/C10H12ClF3N4/c11-7-8(15)16-5-17-9(7)18-3-1-6(2-4-18)10(12,13)14/h5-6H,1-4H2,(H2,15,16,17). The number of hydrogen-bond donors (Lipinski definition) is 1. The van der Waals surface area contributed by atoms with E-state index < -0.39 is 12.1 Å². The number of rotatable bonds is 1. The summed E-state index contributed by atoms with van der Waals surface area (Å²) in [4.78, 5) is 9.40. The van der Waals surface area contributed by atoms with Crippen LogP contribution >= 0.6 is 11.6 Å². The van der Waals surface area contributed by atoms with Gasteiger partial charge in [-0.3, -0.25) is 0 Å². The molecular formula is C10H12ClF3N4. The minimum Gasteiger partial charge on any atom is -0.382 e. The zero-order valence-corrected chi connectivity index (χ0v) is 10.2. The summed E-state index contributed by atoms with van der Waals surface area (Å²) in [5, 5.41) is 0.197. The molecule has 0 bridgehead atoms. The Balaban J connectivity index is 2.08. The molecule has 2 rings (SSSR count). The molecule has 0 atom stereocenters. The van der Waals surface area contributed by atoms with Gasteiger partial charge in [-0.15, -0.1) is 0 Å². The maximum atomic E-state index is 12.5. The highest BCUT2D eigenvalue weighted by Crippen LogP contribution is 2.36. The Hall–Kier alpha value is -1.24. The van der Waals surface area contributed by atoms with Crippen molar-refractivity contribution >= 4 is 23.2 Å². The number of piperidine rings is 1. The molecule has 1 aromatic rings. The molecule has 0 spiro atoms. The minimum absolute atomic E-state index is 0.0454. The van der Waals surface area contributed by atoms with Crippen LogP contribution in [0.5, 0.6) is 0 Å². The minimum atomic E-state index is -4.12. The summed E-state index contributed by atoms with van der Waals surface area (Å²) >= 11 is 5.94. The number of nitrogens with two attached hydrogens (primary N) is 1. The second-order valence-corrected chi connectivity index (χ2v) is 4.58. The van der Waals surface area contributed by atoms with Gasteiger partial charge >= 0.3 is 6.18 Å².